The maximum Gasteiger partial charge on any atom is 0.161 e. The van der Waals surface area contributed by atoms with Crippen LogP contribution in [0.4, 0.5) is 11.4 Å². The standard InChI is InChI=1S/C67H51N5/c1-67(2)58-31-13-10-27-53(58)54-37-35-44(39-59(54)67)43-69-66(70-65(68-3)45-19-6-4-7-20-45)49-23-16-21-46(40-49)47-36-38-56-55-28-11-14-32-60(55)72(63(56)42-47)51-26-17-22-48(41-51)52-30-18-34-62-64(52)57-29-12-15-33-61(57)71(62)50-24-8-5-9-25-50/h4-27,29-42,55H,3,28,43H2,1-2H3/b69-66-,70-65-. The van der Waals surface area contributed by atoms with Crippen molar-refractivity contribution in [1.29, 1.82) is 0 Å². The van der Waals surface area contributed by atoms with Crippen LogP contribution in [0.1, 0.15) is 59.6 Å². The van der Waals surface area contributed by atoms with Crippen molar-refractivity contribution in [3.8, 4) is 39.1 Å². The van der Waals surface area contributed by atoms with Crippen LogP contribution in [-0.4, -0.2) is 23.0 Å². The van der Waals surface area contributed by atoms with Crippen molar-refractivity contribution in [1.82, 2.24) is 4.57 Å². The van der Waals surface area contributed by atoms with Gasteiger partial charge < -0.3 is 9.47 Å². The number of amidine groups is 2. The maximum atomic E-state index is 5.30. The monoisotopic (exact) mass is 925 g/mol. The molecule has 0 N–H and O–H groups in total. The minimum atomic E-state index is -0.104. The molecule has 0 saturated carbocycles. The van der Waals surface area contributed by atoms with E-state index < -0.39 is 0 Å². The summed E-state index contributed by atoms with van der Waals surface area (Å²) >= 11 is 0. The Balaban J connectivity index is 0.889. The van der Waals surface area contributed by atoms with E-state index in [0.717, 1.165) is 45.6 Å². The van der Waals surface area contributed by atoms with Gasteiger partial charge in [-0.15, -0.1) is 0 Å². The minimum absolute atomic E-state index is 0.104. The van der Waals surface area contributed by atoms with Crippen molar-refractivity contribution >= 4 is 51.6 Å². The zero-order valence-corrected chi connectivity index (χ0v) is 40.4. The topological polar surface area (TPSA) is 45.2 Å². The van der Waals surface area contributed by atoms with E-state index in [0.29, 0.717) is 18.2 Å². The number of fused-ring (bicyclic) bond motifs is 9. The summed E-state index contributed by atoms with van der Waals surface area (Å²) in [6, 6.07) is 76.5. The molecule has 0 spiro atoms. The Labute approximate surface area is 420 Å². The van der Waals surface area contributed by atoms with Crippen molar-refractivity contribution < 1.29 is 0 Å². The molecular weight excluding hydrogens is 875 g/mol. The lowest BCUT2D eigenvalue weighted by molar-refractivity contribution is 0.659. The van der Waals surface area contributed by atoms with E-state index in [-0.39, 0.29) is 11.3 Å². The molecule has 2 aliphatic carbocycles. The van der Waals surface area contributed by atoms with Gasteiger partial charge in [0.25, 0.3) is 0 Å². The van der Waals surface area contributed by atoms with E-state index in [4.69, 9.17) is 9.98 Å². The summed E-state index contributed by atoms with van der Waals surface area (Å²) in [7, 11) is 0. The first kappa shape index (κ1) is 43.1. The van der Waals surface area contributed by atoms with E-state index in [9.17, 15) is 0 Å². The van der Waals surface area contributed by atoms with Gasteiger partial charge in [-0.05, 0) is 123 Å². The quantitative estimate of drug-likeness (QED) is 0.111. The number of anilines is 2. The van der Waals surface area contributed by atoms with E-state index in [1.54, 1.807) is 0 Å². The molecule has 1 aromatic heterocycles. The predicted octanol–water partition coefficient (Wildman–Crippen LogP) is 16.6. The van der Waals surface area contributed by atoms with Gasteiger partial charge in [-0.3, -0.25) is 4.99 Å². The Bertz CT molecular complexity index is 3920. The van der Waals surface area contributed by atoms with Crippen LogP contribution in [0.25, 0.3) is 60.9 Å². The Morgan fingerprint density at radius 2 is 1.26 bits per heavy atom. The van der Waals surface area contributed by atoms with Crippen LogP contribution < -0.4 is 4.90 Å². The zero-order chi connectivity index (χ0) is 48.3. The summed E-state index contributed by atoms with van der Waals surface area (Å²) in [6.07, 6.45) is 7.76. The number of aliphatic imine (C=N–C) groups is 3. The first-order valence-corrected chi connectivity index (χ1v) is 24.9. The number of aromatic nitrogens is 1. The molecule has 1 unspecified atom stereocenters. The van der Waals surface area contributed by atoms with Crippen molar-refractivity contribution in [2.45, 2.75) is 38.1 Å². The second-order valence-electron chi connectivity index (χ2n) is 19.6. The molecule has 2 heterocycles. The van der Waals surface area contributed by atoms with E-state index in [1.165, 1.54) is 72.1 Å². The minimum Gasteiger partial charge on any atom is -0.313 e. The smallest absolute Gasteiger partial charge is 0.161 e. The fourth-order valence-corrected chi connectivity index (χ4v) is 11.6. The third-order valence-corrected chi connectivity index (χ3v) is 15.1. The summed E-state index contributed by atoms with van der Waals surface area (Å²) < 4.78 is 2.39. The summed E-state index contributed by atoms with van der Waals surface area (Å²) in [6.45, 7) is 9.05. The van der Waals surface area contributed by atoms with Crippen LogP contribution in [0.3, 0.4) is 0 Å². The van der Waals surface area contributed by atoms with Gasteiger partial charge in [0, 0.05) is 50.3 Å². The molecule has 1 atom stereocenters. The Morgan fingerprint density at radius 1 is 0.569 bits per heavy atom. The molecular formula is C67H51N5. The molecule has 0 radical (unpaired) electrons. The molecule has 10 aromatic rings. The molecule has 1 aliphatic heterocycles. The molecule has 0 bridgehead atoms. The molecule has 344 valence electrons. The van der Waals surface area contributed by atoms with Gasteiger partial charge in [0.1, 0.15) is 0 Å². The van der Waals surface area contributed by atoms with Crippen molar-refractivity contribution in [3.63, 3.8) is 0 Å². The highest BCUT2D eigenvalue weighted by Crippen LogP contribution is 2.53. The molecule has 72 heavy (non-hydrogen) atoms. The Kier molecular flexibility index (Phi) is 10.5. The second-order valence-corrected chi connectivity index (χ2v) is 19.6. The molecule has 13 rings (SSSR count). The van der Waals surface area contributed by atoms with Gasteiger partial charge in [0.2, 0.25) is 0 Å². The van der Waals surface area contributed by atoms with Gasteiger partial charge in [-0.1, -0.05) is 190 Å². The third-order valence-electron chi connectivity index (χ3n) is 15.1. The zero-order valence-electron chi connectivity index (χ0n) is 40.4. The van der Waals surface area contributed by atoms with Crippen LogP contribution in [-0.2, 0) is 12.0 Å². The van der Waals surface area contributed by atoms with Crippen LogP contribution in [0.15, 0.2) is 251 Å². The summed E-state index contributed by atoms with van der Waals surface area (Å²) in [4.78, 5) is 17.4. The van der Waals surface area contributed by atoms with E-state index >= 15 is 0 Å². The highest BCUT2D eigenvalue weighted by Gasteiger charge is 2.36. The third kappa shape index (κ3) is 7.19. The van der Waals surface area contributed by atoms with Crippen molar-refractivity contribution in [2.75, 3.05) is 4.90 Å². The second kappa shape index (κ2) is 17.5. The first-order valence-electron chi connectivity index (χ1n) is 24.9. The molecule has 0 saturated heterocycles. The molecule has 5 heteroatoms. The number of hydrogen-bond acceptors (Lipinski definition) is 2. The highest BCUT2D eigenvalue weighted by atomic mass is 15.2. The van der Waals surface area contributed by atoms with Gasteiger partial charge in [0.05, 0.1) is 23.3 Å². The van der Waals surface area contributed by atoms with Crippen molar-refractivity contribution in [3.05, 3.63) is 270 Å². The SMILES string of the molecule is C=N/C(=N\C(=N/Cc1ccc2c(c1)C(C)(C)c1ccccc1-2)c1cccc(-c2ccc3c(c2)N(c2cccc(-c4cccc5c4c4ccccc4n5-c4ccccc4)c2)C2=CC=CCC23)c1)c1ccccc1. The molecule has 9 aromatic carbocycles. The van der Waals surface area contributed by atoms with Gasteiger partial charge in [-0.2, -0.15) is 0 Å². The molecule has 3 aliphatic rings. The van der Waals surface area contributed by atoms with Crippen LogP contribution in [0, 0.1) is 0 Å². The Morgan fingerprint density at radius 3 is 2.14 bits per heavy atom. The lowest BCUT2D eigenvalue weighted by atomic mass is 9.82. The fourth-order valence-electron chi connectivity index (χ4n) is 11.6. The largest absolute Gasteiger partial charge is 0.313 e. The van der Waals surface area contributed by atoms with E-state index in [2.05, 4.69) is 235 Å². The highest BCUT2D eigenvalue weighted by molar-refractivity contribution is 6.16. The fraction of sp³-hybridized carbons (Fsp3) is 0.0896. The van der Waals surface area contributed by atoms with Crippen LogP contribution in [0.5, 0.6) is 0 Å². The molecule has 5 nitrogen and oxygen atoms in total. The summed E-state index contributed by atoms with van der Waals surface area (Å²) in [5, 5.41) is 2.50. The number of benzene rings is 9. The number of rotatable bonds is 8. The summed E-state index contributed by atoms with van der Waals surface area (Å²) in [5.74, 6) is 1.40. The lowest BCUT2D eigenvalue weighted by Gasteiger charge is -2.25. The van der Waals surface area contributed by atoms with Crippen LogP contribution >= 0.6 is 0 Å². The number of para-hydroxylation sites is 2. The van der Waals surface area contributed by atoms with Crippen molar-refractivity contribution in [2.24, 2.45) is 15.0 Å². The number of hydrogen-bond donors (Lipinski definition) is 0. The number of allylic oxidation sites excluding steroid dienone is 4. The maximum absolute atomic E-state index is 5.30. The van der Waals surface area contributed by atoms with E-state index in [1.807, 2.05) is 30.3 Å². The summed E-state index contributed by atoms with van der Waals surface area (Å²) in [5.41, 5.74) is 21.2. The normalized spacial score (nSPS) is 15.6. The predicted molar refractivity (Wildman–Crippen MR) is 302 cm³/mol. The number of nitrogens with zero attached hydrogens (tertiary/aromatic N) is 5. The van der Waals surface area contributed by atoms with Gasteiger partial charge >= 0.3 is 0 Å². The van der Waals surface area contributed by atoms with Crippen LogP contribution in [0.2, 0.25) is 0 Å². The molecule has 0 fully saturated rings. The van der Waals surface area contributed by atoms with Gasteiger partial charge in [-0.25, -0.2) is 9.98 Å². The lowest BCUT2D eigenvalue weighted by Crippen LogP contribution is -2.15. The van der Waals surface area contributed by atoms with Gasteiger partial charge in [0.15, 0.2) is 11.7 Å². The average Bonchev–Trinajstić information content (AvgIpc) is 4.04. The average molecular weight is 926 g/mol. The molecule has 0 amide bonds. The first-order chi connectivity index (χ1) is 35.4. The Hall–Kier alpha value is -8.93.